The van der Waals surface area contributed by atoms with Crippen LogP contribution in [0.2, 0.25) is 0 Å². The van der Waals surface area contributed by atoms with Crippen molar-refractivity contribution >= 4 is 0 Å². The van der Waals surface area contributed by atoms with Crippen LogP contribution in [0.5, 0.6) is 5.75 Å². The highest BCUT2D eigenvalue weighted by Gasteiger charge is 2.30. The number of hydrogen-bond acceptors (Lipinski definition) is 3. The summed E-state index contributed by atoms with van der Waals surface area (Å²) in [6.07, 6.45) is 2.92. The van der Waals surface area contributed by atoms with Gasteiger partial charge in [0.2, 0.25) is 0 Å². The van der Waals surface area contributed by atoms with Crippen molar-refractivity contribution in [1.29, 1.82) is 0 Å². The molecule has 100 valence electrons. The molecule has 0 amide bonds. The average molecular weight is 262 g/mol. The van der Waals surface area contributed by atoms with Crippen LogP contribution in [0.1, 0.15) is 36.8 Å². The van der Waals surface area contributed by atoms with Gasteiger partial charge in [0.05, 0.1) is 24.3 Å². The van der Waals surface area contributed by atoms with Crippen molar-refractivity contribution in [2.24, 2.45) is 0 Å². The van der Waals surface area contributed by atoms with E-state index in [1.165, 1.54) is 12.1 Å². The third kappa shape index (κ3) is 2.10. The van der Waals surface area contributed by atoms with Crippen LogP contribution in [0.15, 0.2) is 30.7 Å². The van der Waals surface area contributed by atoms with Gasteiger partial charge < -0.3 is 14.4 Å². The molecular weight excluding hydrogens is 247 g/mol. The van der Waals surface area contributed by atoms with Crippen LogP contribution >= 0.6 is 0 Å². The molecule has 2 atom stereocenters. The minimum atomic E-state index is -0.718. The molecule has 19 heavy (non-hydrogen) atoms. The molecule has 1 aromatic heterocycles. The number of aryl methyl sites for hydroxylation is 1. The lowest BCUT2D eigenvalue weighted by atomic mass is 9.97. The fourth-order valence-corrected chi connectivity index (χ4v) is 2.46. The maximum Gasteiger partial charge on any atom is 0.143 e. The van der Waals surface area contributed by atoms with Gasteiger partial charge in [0.25, 0.3) is 0 Å². The molecule has 0 saturated carbocycles. The Morgan fingerprint density at radius 1 is 1.53 bits per heavy atom. The zero-order valence-corrected chi connectivity index (χ0v) is 10.6. The lowest BCUT2D eigenvalue weighted by molar-refractivity contribution is 0.0615. The summed E-state index contributed by atoms with van der Waals surface area (Å²) >= 11 is 0. The summed E-state index contributed by atoms with van der Waals surface area (Å²) in [5, 5.41) is 10.1. The Morgan fingerprint density at radius 3 is 3.16 bits per heavy atom. The second-order valence-electron chi connectivity index (χ2n) is 4.64. The van der Waals surface area contributed by atoms with Crippen LogP contribution in [0.4, 0.5) is 4.39 Å². The van der Waals surface area contributed by atoms with Crippen LogP contribution < -0.4 is 4.74 Å². The largest absolute Gasteiger partial charge is 0.484 e. The number of rotatable bonds is 2. The third-order valence-corrected chi connectivity index (χ3v) is 3.45. The van der Waals surface area contributed by atoms with Gasteiger partial charge >= 0.3 is 0 Å². The van der Waals surface area contributed by atoms with E-state index in [9.17, 15) is 9.50 Å². The van der Waals surface area contributed by atoms with Gasteiger partial charge in [-0.05, 0) is 25.1 Å². The minimum absolute atomic E-state index is 0.254. The Labute approximate surface area is 110 Å². The summed E-state index contributed by atoms with van der Waals surface area (Å²) in [7, 11) is 0. The maximum absolute atomic E-state index is 13.2. The Morgan fingerprint density at radius 2 is 2.37 bits per heavy atom. The van der Waals surface area contributed by atoms with Gasteiger partial charge in [-0.15, -0.1) is 0 Å². The molecule has 0 saturated heterocycles. The average Bonchev–Trinajstić information content (AvgIpc) is 2.87. The number of hydrogen-bond donors (Lipinski definition) is 1. The highest BCUT2D eigenvalue weighted by Crippen LogP contribution is 2.40. The molecule has 0 aliphatic carbocycles. The van der Waals surface area contributed by atoms with Gasteiger partial charge in [-0.1, -0.05) is 0 Å². The van der Waals surface area contributed by atoms with Gasteiger partial charge in [0.15, 0.2) is 0 Å². The van der Waals surface area contributed by atoms with Crippen LogP contribution in [-0.2, 0) is 6.54 Å². The molecule has 0 spiro atoms. The summed E-state index contributed by atoms with van der Waals surface area (Å²) in [5.74, 6) is 0.174. The number of benzene rings is 1. The predicted octanol–water partition coefficient (Wildman–Crippen LogP) is 2.60. The van der Waals surface area contributed by atoms with E-state index < -0.39 is 6.10 Å². The van der Waals surface area contributed by atoms with Crippen molar-refractivity contribution in [3.63, 3.8) is 0 Å². The number of fused-ring (bicyclic) bond motifs is 1. The quantitative estimate of drug-likeness (QED) is 0.905. The summed E-state index contributed by atoms with van der Waals surface area (Å²) in [6.45, 7) is 2.81. The summed E-state index contributed by atoms with van der Waals surface area (Å²) in [6, 6.07) is 4.23. The highest BCUT2D eigenvalue weighted by atomic mass is 19.1. The van der Waals surface area contributed by atoms with Crippen molar-refractivity contribution in [3.05, 3.63) is 47.8 Å². The van der Waals surface area contributed by atoms with Gasteiger partial charge in [-0.2, -0.15) is 0 Å². The predicted molar refractivity (Wildman–Crippen MR) is 67.2 cm³/mol. The van der Waals surface area contributed by atoms with Crippen LogP contribution in [0.3, 0.4) is 0 Å². The maximum atomic E-state index is 13.2. The van der Waals surface area contributed by atoms with Gasteiger partial charge in [-0.25, -0.2) is 9.37 Å². The van der Waals surface area contributed by atoms with E-state index in [2.05, 4.69) is 4.98 Å². The van der Waals surface area contributed by atoms with E-state index in [1.807, 2.05) is 11.5 Å². The van der Waals surface area contributed by atoms with Gasteiger partial charge in [0.1, 0.15) is 17.7 Å². The Bertz CT molecular complexity index is 597. The smallest absolute Gasteiger partial charge is 0.143 e. The monoisotopic (exact) mass is 262 g/mol. The number of imidazole rings is 1. The normalized spacial score (nSPS) is 21.8. The zero-order valence-electron chi connectivity index (χ0n) is 10.6. The summed E-state index contributed by atoms with van der Waals surface area (Å²) in [5.41, 5.74) is 1.44. The van der Waals surface area contributed by atoms with Crippen molar-refractivity contribution in [2.75, 3.05) is 0 Å². The first-order chi connectivity index (χ1) is 9.19. The fraction of sp³-hybridized carbons (Fsp3) is 0.357. The van der Waals surface area contributed by atoms with Crippen LogP contribution in [0, 0.1) is 5.82 Å². The first-order valence-corrected chi connectivity index (χ1v) is 6.33. The molecule has 4 nitrogen and oxygen atoms in total. The van der Waals surface area contributed by atoms with E-state index in [0.29, 0.717) is 17.7 Å². The van der Waals surface area contributed by atoms with E-state index in [1.54, 1.807) is 18.6 Å². The summed E-state index contributed by atoms with van der Waals surface area (Å²) in [4.78, 5) is 4.10. The highest BCUT2D eigenvalue weighted by molar-refractivity contribution is 5.38. The molecule has 1 aliphatic heterocycles. The second kappa shape index (κ2) is 4.66. The standard InChI is InChI=1S/C14H15FN2O2/c1-2-17-8-16-7-11(17)14-6-12(18)10-5-9(15)3-4-13(10)19-14/h3-5,7-8,12,14,18H,2,6H2,1H3. The molecule has 2 heterocycles. The van der Waals surface area contributed by atoms with E-state index in [-0.39, 0.29) is 11.9 Å². The topological polar surface area (TPSA) is 47.3 Å². The molecule has 0 fully saturated rings. The molecule has 0 bridgehead atoms. The number of nitrogens with zero attached hydrogens (tertiary/aromatic N) is 2. The molecule has 5 heteroatoms. The van der Waals surface area contributed by atoms with Crippen LogP contribution in [-0.4, -0.2) is 14.7 Å². The summed E-state index contributed by atoms with van der Waals surface area (Å²) < 4.78 is 21.0. The van der Waals surface area contributed by atoms with Crippen LogP contribution in [0.25, 0.3) is 0 Å². The number of ether oxygens (including phenoxy) is 1. The molecule has 2 unspecified atom stereocenters. The number of aliphatic hydroxyl groups excluding tert-OH is 1. The number of aromatic nitrogens is 2. The molecule has 0 radical (unpaired) electrons. The van der Waals surface area contributed by atoms with Gasteiger partial charge in [0, 0.05) is 18.5 Å². The molecule has 3 rings (SSSR count). The van der Waals surface area contributed by atoms with Crippen molar-refractivity contribution in [1.82, 2.24) is 9.55 Å². The second-order valence-corrected chi connectivity index (χ2v) is 4.64. The minimum Gasteiger partial charge on any atom is -0.484 e. The Hall–Kier alpha value is -1.88. The lowest BCUT2D eigenvalue weighted by Crippen LogP contribution is -2.21. The Balaban J connectivity index is 1.95. The number of halogens is 1. The lowest BCUT2D eigenvalue weighted by Gasteiger charge is -2.30. The van der Waals surface area contributed by atoms with E-state index in [0.717, 1.165) is 12.2 Å². The molecule has 1 aromatic carbocycles. The Kier molecular flexibility index (Phi) is 2.98. The van der Waals surface area contributed by atoms with E-state index >= 15 is 0 Å². The molecule has 1 aliphatic rings. The van der Waals surface area contributed by atoms with Crippen molar-refractivity contribution in [3.8, 4) is 5.75 Å². The van der Waals surface area contributed by atoms with E-state index in [4.69, 9.17) is 4.74 Å². The van der Waals surface area contributed by atoms with Crippen molar-refractivity contribution < 1.29 is 14.2 Å². The van der Waals surface area contributed by atoms with Crippen molar-refractivity contribution in [2.45, 2.75) is 32.1 Å². The van der Waals surface area contributed by atoms with Gasteiger partial charge in [-0.3, -0.25) is 0 Å². The SMILES string of the molecule is CCn1cncc1C1CC(O)c2cc(F)ccc2O1. The molecular formula is C14H15FN2O2. The molecule has 1 N–H and O–H groups in total. The number of aliphatic hydroxyl groups is 1. The fourth-order valence-electron chi connectivity index (χ4n) is 2.46. The first-order valence-electron chi connectivity index (χ1n) is 6.33. The first kappa shape index (κ1) is 12.2. The zero-order chi connectivity index (χ0) is 13.4. The third-order valence-electron chi connectivity index (χ3n) is 3.45. The molecule has 2 aromatic rings.